The van der Waals surface area contributed by atoms with Gasteiger partial charge >= 0.3 is 0 Å². The van der Waals surface area contributed by atoms with Gasteiger partial charge in [-0.3, -0.25) is 0 Å². The third-order valence-electron chi connectivity index (χ3n) is 3.56. The van der Waals surface area contributed by atoms with Crippen LogP contribution in [0.25, 0.3) is 0 Å². The summed E-state index contributed by atoms with van der Waals surface area (Å²) in [4.78, 5) is 0. The second kappa shape index (κ2) is 8.98. The van der Waals surface area contributed by atoms with Crippen molar-refractivity contribution in [2.45, 2.75) is 46.3 Å². The molecular formula is C17H29NO2. The van der Waals surface area contributed by atoms with Crippen LogP contribution < -0.4 is 10.1 Å². The molecule has 2 atom stereocenters. The number of hydrogen-bond acceptors (Lipinski definition) is 3. The first kappa shape index (κ1) is 17.0. The van der Waals surface area contributed by atoms with Crippen LogP contribution in [-0.4, -0.2) is 26.3 Å². The molecule has 0 saturated heterocycles. The molecule has 0 aliphatic carbocycles. The van der Waals surface area contributed by atoms with Crippen LogP contribution in [0.4, 0.5) is 0 Å². The maximum atomic E-state index is 6.21. The van der Waals surface area contributed by atoms with Gasteiger partial charge in [-0.15, -0.1) is 0 Å². The van der Waals surface area contributed by atoms with Crippen LogP contribution >= 0.6 is 0 Å². The van der Waals surface area contributed by atoms with Crippen LogP contribution in [0.15, 0.2) is 24.3 Å². The van der Waals surface area contributed by atoms with Crippen LogP contribution in [0.5, 0.6) is 5.75 Å². The predicted octanol–water partition coefficient (Wildman–Crippen LogP) is 3.80. The quantitative estimate of drug-likeness (QED) is 0.697. The molecule has 0 bridgehead atoms. The Balaban J connectivity index is 2.73. The Morgan fingerprint density at radius 2 is 1.75 bits per heavy atom. The predicted molar refractivity (Wildman–Crippen MR) is 84.3 cm³/mol. The molecule has 0 saturated carbocycles. The number of ether oxygens (including phenoxy) is 2. The van der Waals surface area contributed by atoms with Gasteiger partial charge in [-0.2, -0.15) is 0 Å². The minimum atomic E-state index is 0.0878. The fourth-order valence-corrected chi connectivity index (χ4v) is 1.89. The van der Waals surface area contributed by atoms with E-state index in [2.05, 4.69) is 45.1 Å². The molecule has 20 heavy (non-hydrogen) atoms. The highest BCUT2D eigenvalue weighted by Crippen LogP contribution is 2.23. The number of hydrogen-bond donors (Lipinski definition) is 1. The van der Waals surface area contributed by atoms with Gasteiger partial charge in [-0.05, 0) is 43.5 Å². The van der Waals surface area contributed by atoms with E-state index >= 15 is 0 Å². The zero-order valence-corrected chi connectivity index (χ0v) is 13.5. The van der Waals surface area contributed by atoms with Crippen molar-refractivity contribution in [3.63, 3.8) is 0 Å². The lowest BCUT2D eigenvalue weighted by Gasteiger charge is -2.25. The second-order valence-corrected chi connectivity index (χ2v) is 5.55. The molecule has 3 nitrogen and oxygen atoms in total. The van der Waals surface area contributed by atoms with Crippen molar-refractivity contribution in [1.82, 2.24) is 5.32 Å². The van der Waals surface area contributed by atoms with Crippen molar-refractivity contribution in [1.29, 1.82) is 0 Å². The summed E-state index contributed by atoms with van der Waals surface area (Å²) in [6.07, 6.45) is 1.46. The standard InChI is InChI=1S/C17H29NO2/c1-6-11-18-12-17(20-14(4)13(2)3)15-7-9-16(19-5)10-8-15/h7-10,13-14,17-18H,6,11-12H2,1-5H3. The second-order valence-electron chi connectivity index (χ2n) is 5.55. The van der Waals surface area contributed by atoms with Gasteiger partial charge in [0.2, 0.25) is 0 Å². The molecule has 0 aliphatic heterocycles. The molecule has 0 aliphatic rings. The molecule has 0 radical (unpaired) electrons. The molecule has 0 aromatic heterocycles. The molecule has 0 fully saturated rings. The first-order chi connectivity index (χ1) is 9.58. The zero-order valence-electron chi connectivity index (χ0n) is 13.5. The molecule has 1 N–H and O–H groups in total. The Bertz CT molecular complexity index is 362. The lowest BCUT2D eigenvalue weighted by Crippen LogP contribution is -2.28. The van der Waals surface area contributed by atoms with Gasteiger partial charge in [-0.25, -0.2) is 0 Å². The van der Waals surface area contributed by atoms with E-state index in [-0.39, 0.29) is 12.2 Å². The van der Waals surface area contributed by atoms with Crippen molar-refractivity contribution in [3.8, 4) is 5.75 Å². The number of methoxy groups -OCH3 is 1. The summed E-state index contributed by atoms with van der Waals surface area (Å²) < 4.78 is 11.4. The van der Waals surface area contributed by atoms with Gasteiger partial charge in [0.1, 0.15) is 5.75 Å². The van der Waals surface area contributed by atoms with Gasteiger partial charge in [0.15, 0.2) is 0 Å². The number of nitrogens with one attached hydrogen (secondary N) is 1. The van der Waals surface area contributed by atoms with E-state index in [4.69, 9.17) is 9.47 Å². The average molecular weight is 279 g/mol. The van der Waals surface area contributed by atoms with E-state index in [9.17, 15) is 0 Å². The molecule has 2 unspecified atom stereocenters. The molecule has 0 heterocycles. The normalized spacial score (nSPS) is 14.3. The van der Waals surface area contributed by atoms with Crippen LogP contribution in [0.3, 0.4) is 0 Å². The molecule has 1 aromatic carbocycles. The van der Waals surface area contributed by atoms with Crippen molar-refractivity contribution >= 4 is 0 Å². The van der Waals surface area contributed by atoms with Gasteiger partial charge in [0.05, 0.1) is 19.3 Å². The molecular weight excluding hydrogens is 250 g/mol. The third kappa shape index (κ3) is 5.51. The van der Waals surface area contributed by atoms with Crippen molar-refractivity contribution in [2.75, 3.05) is 20.2 Å². The van der Waals surface area contributed by atoms with Gasteiger partial charge in [0.25, 0.3) is 0 Å². The summed E-state index contributed by atoms with van der Waals surface area (Å²) in [6, 6.07) is 8.16. The fraction of sp³-hybridized carbons (Fsp3) is 0.647. The Labute approximate surface area is 123 Å². The maximum Gasteiger partial charge on any atom is 0.118 e. The highest BCUT2D eigenvalue weighted by Gasteiger charge is 2.17. The van der Waals surface area contributed by atoms with Gasteiger partial charge < -0.3 is 14.8 Å². The fourth-order valence-electron chi connectivity index (χ4n) is 1.89. The lowest BCUT2D eigenvalue weighted by atomic mass is 10.1. The van der Waals surface area contributed by atoms with Crippen LogP contribution in [0.2, 0.25) is 0 Å². The largest absolute Gasteiger partial charge is 0.497 e. The van der Waals surface area contributed by atoms with Crippen molar-refractivity contribution in [2.24, 2.45) is 5.92 Å². The summed E-state index contributed by atoms with van der Waals surface area (Å²) in [5, 5.41) is 3.45. The molecule has 0 spiro atoms. The Morgan fingerprint density at radius 3 is 2.25 bits per heavy atom. The zero-order chi connectivity index (χ0) is 15.0. The third-order valence-corrected chi connectivity index (χ3v) is 3.56. The summed E-state index contributed by atoms with van der Waals surface area (Å²) >= 11 is 0. The van der Waals surface area contributed by atoms with Crippen LogP contribution in [0, 0.1) is 5.92 Å². The van der Waals surface area contributed by atoms with Gasteiger partial charge in [-0.1, -0.05) is 32.9 Å². The summed E-state index contributed by atoms with van der Waals surface area (Å²) in [5.41, 5.74) is 1.20. The number of benzene rings is 1. The highest BCUT2D eigenvalue weighted by molar-refractivity contribution is 5.28. The summed E-state index contributed by atoms with van der Waals surface area (Å²) in [6.45, 7) is 10.6. The minimum Gasteiger partial charge on any atom is -0.497 e. The number of rotatable bonds is 9. The first-order valence-electron chi connectivity index (χ1n) is 7.58. The molecule has 1 rings (SSSR count). The van der Waals surface area contributed by atoms with E-state index in [1.165, 1.54) is 5.56 Å². The molecule has 1 aromatic rings. The van der Waals surface area contributed by atoms with Crippen molar-refractivity contribution in [3.05, 3.63) is 29.8 Å². The lowest BCUT2D eigenvalue weighted by molar-refractivity contribution is -0.0258. The Kier molecular flexibility index (Phi) is 7.63. The average Bonchev–Trinajstić information content (AvgIpc) is 2.46. The van der Waals surface area contributed by atoms with E-state index in [0.717, 1.165) is 25.3 Å². The molecule has 114 valence electrons. The van der Waals surface area contributed by atoms with Crippen LogP contribution in [0.1, 0.15) is 45.8 Å². The Hall–Kier alpha value is -1.06. The van der Waals surface area contributed by atoms with E-state index < -0.39 is 0 Å². The minimum absolute atomic E-state index is 0.0878. The smallest absolute Gasteiger partial charge is 0.118 e. The molecule has 0 amide bonds. The van der Waals surface area contributed by atoms with Gasteiger partial charge in [0, 0.05) is 6.54 Å². The molecule has 3 heteroatoms. The SMILES string of the molecule is CCCNCC(OC(C)C(C)C)c1ccc(OC)cc1. The van der Waals surface area contributed by atoms with E-state index in [1.54, 1.807) is 7.11 Å². The Morgan fingerprint density at radius 1 is 1.10 bits per heavy atom. The maximum absolute atomic E-state index is 6.21. The van der Waals surface area contributed by atoms with Crippen LogP contribution in [-0.2, 0) is 4.74 Å². The summed E-state index contributed by atoms with van der Waals surface area (Å²) in [7, 11) is 1.69. The topological polar surface area (TPSA) is 30.5 Å². The first-order valence-corrected chi connectivity index (χ1v) is 7.58. The highest BCUT2D eigenvalue weighted by atomic mass is 16.5. The summed E-state index contributed by atoms with van der Waals surface area (Å²) in [5.74, 6) is 1.40. The van der Waals surface area contributed by atoms with E-state index in [0.29, 0.717) is 5.92 Å². The van der Waals surface area contributed by atoms with Crippen molar-refractivity contribution < 1.29 is 9.47 Å². The monoisotopic (exact) mass is 279 g/mol. The van der Waals surface area contributed by atoms with E-state index in [1.807, 2.05) is 12.1 Å².